The second kappa shape index (κ2) is 6.78. The molecule has 118 valence electrons. The maximum atomic E-state index is 4.35. The number of hydrogen-bond acceptors (Lipinski definition) is 3. The third-order valence-corrected chi connectivity index (χ3v) is 4.82. The summed E-state index contributed by atoms with van der Waals surface area (Å²) in [4.78, 5) is 6.81. The zero-order valence-corrected chi connectivity index (χ0v) is 14.3. The molecule has 0 aromatic carbocycles. The van der Waals surface area contributed by atoms with Crippen LogP contribution in [0.4, 0.5) is 5.69 Å². The molecule has 1 aromatic heterocycles. The van der Waals surface area contributed by atoms with Crippen LogP contribution in [0, 0.1) is 5.41 Å². The topological polar surface area (TPSA) is 28.2 Å². The first-order valence-electron chi connectivity index (χ1n) is 8.28. The van der Waals surface area contributed by atoms with Gasteiger partial charge < -0.3 is 10.2 Å². The summed E-state index contributed by atoms with van der Waals surface area (Å²) in [6.45, 7) is 10.1. The SMILES string of the molecule is CC(C)NCc1ccncc1N(C)C1CCC(C)(C)CC1. The average molecular weight is 289 g/mol. The Morgan fingerprint density at radius 1 is 1.33 bits per heavy atom. The summed E-state index contributed by atoms with van der Waals surface area (Å²) >= 11 is 0. The first-order valence-corrected chi connectivity index (χ1v) is 8.28. The molecular formula is C18H31N3. The van der Waals surface area contributed by atoms with Crippen molar-refractivity contribution in [2.45, 2.75) is 72.0 Å². The average Bonchev–Trinajstić information content (AvgIpc) is 2.44. The molecule has 1 heterocycles. The van der Waals surface area contributed by atoms with Crippen LogP contribution in [0.1, 0.15) is 58.9 Å². The standard InChI is InChI=1S/C18H31N3/c1-14(2)20-12-15-8-11-19-13-17(15)21(5)16-6-9-18(3,4)10-7-16/h8,11,13-14,16,20H,6-7,9-10,12H2,1-5H3. The quantitative estimate of drug-likeness (QED) is 0.888. The number of rotatable bonds is 5. The van der Waals surface area contributed by atoms with Crippen molar-refractivity contribution in [3.8, 4) is 0 Å². The van der Waals surface area contributed by atoms with Crippen LogP contribution < -0.4 is 10.2 Å². The molecule has 2 rings (SSSR count). The van der Waals surface area contributed by atoms with Gasteiger partial charge in [0.2, 0.25) is 0 Å². The largest absolute Gasteiger partial charge is 0.370 e. The lowest BCUT2D eigenvalue weighted by Crippen LogP contribution is -2.38. The van der Waals surface area contributed by atoms with Gasteiger partial charge in [-0.2, -0.15) is 0 Å². The van der Waals surface area contributed by atoms with Crippen molar-refractivity contribution >= 4 is 5.69 Å². The molecule has 0 radical (unpaired) electrons. The number of nitrogens with one attached hydrogen (secondary N) is 1. The molecule has 0 unspecified atom stereocenters. The third-order valence-electron chi connectivity index (χ3n) is 4.82. The fourth-order valence-corrected chi connectivity index (χ4v) is 3.16. The van der Waals surface area contributed by atoms with Gasteiger partial charge in [0.15, 0.2) is 0 Å². The highest BCUT2D eigenvalue weighted by atomic mass is 15.1. The van der Waals surface area contributed by atoms with E-state index in [-0.39, 0.29) is 0 Å². The molecule has 0 spiro atoms. The van der Waals surface area contributed by atoms with Gasteiger partial charge in [-0.1, -0.05) is 27.7 Å². The van der Waals surface area contributed by atoms with E-state index < -0.39 is 0 Å². The highest BCUT2D eigenvalue weighted by Gasteiger charge is 2.29. The zero-order valence-electron chi connectivity index (χ0n) is 14.3. The molecule has 1 aromatic rings. The molecule has 3 heteroatoms. The second-order valence-electron chi connectivity index (χ2n) is 7.55. The Hall–Kier alpha value is -1.09. The summed E-state index contributed by atoms with van der Waals surface area (Å²) in [6, 6.07) is 3.31. The minimum absolute atomic E-state index is 0.506. The summed E-state index contributed by atoms with van der Waals surface area (Å²) in [5, 5.41) is 3.52. The van der Waals surface area contributed by atoms with Crippen molar-refractivity contribution in [3.63, 3.8) is 0 Å². The summed E-state index contributed by atoms with van der Waals surface area (Å²) in [5.74, 6) is 0. The van der Waals surface area contributed by atoms with E-state index in [9.17, 15) is 0 Å². The predicted octanol–water partition coefficient (Wildman–Crippen LogP) is 3.98. The Labute approximate surface area is 130 Å². The first-order chi connectivity index (χ1) is 9.89. The summed E-state index contributed by atoms with van der Waals surface area (Å²) in [7, 11) is 2.23. The summed E-state index contributed by atoms with van der Waals surface area (Å²) in [5.41, 5.74) is 3.16. The molecule has 1 N–H and O–H groups in total. The van der Waals surface area contributed by atoms with Gasteiger partial charge in [-0.05, 0) is 42.7 Å². The fraction of sp³-hybridized carbons (Fsp3) is 0.722. The highest BCUT2D eigenvalue weighted by molar-refractivity contribution is 5.52. The van der Waals surface area contributed by atoms with Crippen molar-refractivity contribution in [1.29, 1.82) is 0 Å². The van der Waals surface area contributed by atoms with E-state index in [1.54, 1.807) is 0 Å². The number of nitrogens with zero attached hydrogens (tertiary/aromatic N) is 2. The van der Waals surface area contributed by atoms with Crippen molar-refractivity contribution in [3.05, 3.63) is 24.0 Å². The van der Waals surface area contributed by atoms with E-state index >= 15 is 0 Å². The Morgan fingerprint density at radius 3 is 2.62 bits per heavy atom. The summed E-state index contributed by atoms with van der Waals surface area (Å²) < 4.78 is 0. The molecule has 0 bridgehead atoms. The van der Waals surface area contributed by atoms with Gasteiger partial charge in [0.25, 0.3) is 0 Å². The molecule has 0 aliphatic heterocycles. The second-order valence-corrected chi connectivity index (χ2v) is 7.55. The molecular weight excluding hydrogens is 258 g/mol. The third kappa shape index (κ3) is 4.44. The van der Waals surface area contributed by atoms with Crippen molar-refractivity contribution < 1.29 is 0 Å². The van der Waals surface area contributed by atoms with Crippen molar-refractivity contribution in [2.75, 3.05) is 11.9 Å². The van der Waals surface area contributed by atoms with Gasteiger partial charge in [0.1, 0.15) is 0 Å². The number of anilines is 1. The van der Waals surface area contributed by atoms with E-state index in [0.29, 0.717) is 17.5 Å². The Bertz CT molecular complexity index is 444. The van der Waals surface area contributed by atoms with Crippen LogP contribution in [0.3, 0.4) is 0 Å². The Kier molecular flexibility index (Phi) is 5.26. The molecule has 1 aliphatic rings. The van der Waals surface area contributed by atoms with Crippen LogP contribution in [0.15, 0.2) is 18.5 Å². The number of hydrogen-bond donors (Lipinski definition) is 1. The van der Waals surface area contributed by atoms with Crippen LogP contribution in [0.2, 0.25) is 0 Å². The first kappa shape index (κ1) is 16.3. The van der Waals surface area contributed by atoms with Gasteiger partial charge in [-0.25, -0.2) is 0 Å². The molecule has 21 heavy (non-hydrogen) atoms. The zero-order chi connectivity index (χ0) is 15.5. The van der Waals surface area contributed by atoms with E-state index in [2.05, 4.69) is 56.0 Å². The minimum atomic E-state index is 0.506. The number of aromatic nitrogens is 1. The Balaban J connectivity index is 2.07. The van der Waals surface area contributed by atoms with E-state index in [1.807, 2.05) is 12.4 Å². The van der Waals surface area contributed by atoms with Gasteiger partial charge in [0, 0.05) is 31.9 Å². The van der Waals surface area contributed by atoms with Crippen LogP contribution in [0.5, 0.6) is 0 Å². The van der Waals surface area contributed by atoms with Crippen LogP contribution in [-0.2, 0) is 6.54 Å². The lowest BCUT2D eigenvalue weighted by atomic mass is 9.75. The molecule has 0 saturated heterocycles. The van der Waals surface area contributed by atoms with Crippen LogP contribution in [-0.4, -0.2) is 24.1 Å². The molecule has 1 aliphatic carbocycles. The maximum absolute atomic E-state index is 4.35. The lowest BCUT2D eigenvalue weighted by molar-refractivity contribution is 0.222. The van der Waals surface area contributed by atoms with Gasteiger partial charge in [-0.15, -0.1) is 0 Å². The normalized spacial score (nSPS) is 19.0. The van der Waals surface area contributed by atoms with E-state index in [4.69, 9.17) is 0 Å². The molecule has 0 amide bonds. The van der Waals surface area contributed by atoms with Crippen molar-refractivity contribution in [1.82, 2.24) is 10.3 Å². The van der Waals surface area contributed by atoms with Gasteiger partial charge >= 0.3 is 0 Å². The van der Waals surface area contributed by atoms with E-state index in [0.717, 1.165) is 6.54 Å². The van der Waals surface area contributed by atoms with Gasteiger partial charge in [-0.3, -0.25) is 4.98 Å². The van der Waals surface area contributed by atoms with E-state index in [1.165, 1.54) is 36.9 Å². The highest BCUT2D eigenvalue weighted by Crippen LogP contribution is 2.38. The monoisotopic (exact) mass is 289 g/mol. The molecule has 3 nitrogen and oxygen atoms in total. The predicted molar refractivity (Wildman–Crippen MR) is 90.7 cm³/mol. The molecule has 1 saturated carbocycles. The molecule has 1 fully saturated rings. The maximum Gasteiger partial charge on any atom is 0.0598 e. The van der Waals surface area contributed by atoms with Crippen molar-refractivity contribution in [2.24, 2.45) is 5.41 Å². The Morgan fingerprint density at radius 2 is 2.00 bits per heavy atom. The van der Waals surface area contributed by atoms with Crippen LogP contribution in [0.25, 0.3) is 0 Å². The van der Waals surface area contributed by atoms with Gasteiger partial charge in [0.05, 0.1) is 11.9 Å². The van der Waals surface area contributed by atoms with Crippen LogP contribution >= 0.6 is 0 Å². The smallest absolute Gasteiger partial charge is 0.0598 e. The molecule has 0 atom stereocenters. The lowest BCUT2D eigenvalue weighted by Gasteiger charge is -2.40. The number of pyridine rings is 1. The fourth-order valence-electron chi connectivity index (χ4n) is 3.16. The summed E-state index contributed by atoms with van der Waals surface area (Å²) in [6.07, 6.45) is 9.14. The minimum Gasteiger partial charge on any atom is -0.370 e.